The number of benzene rings is 1. The number of fused-ring (bicyclic) bond motifs is 1. The number of carboxylic acid groups (broad SMARTS) is 1. The highest BCUT2D eigenvalue weighted by atomic mass is 32.2. The van der Waals surface area contributed by atoms with Crippen LogP contribution in [-0.2, 0) is 14.4 Å². The Kier molecular flexibility index (Phi) is 8.63. The summed E-state index contributed by atoms with van der Waals surface area (Å²) in [6.07, 6.45) is 0. The van der Waals surface area contributed by atoms with Crippen molar-refractivity contribution in [3.63, 3.8) is 0 Å². The van der Waals surface area contributed by atoms with E-state index < -0.39 is 35.2 Å². The number of thioether (sulfide) groups is 1. The summed E-state index contributed by atoms with van der Waals surface area (Å²) in [5.41, 5.74) is 7.00. The van der Waals surface area contributed by atoms with Crippen LogP contribution in [0.25, 0.3) is 0 Å². The first-order valence-corrected chi connectivity index (χ1v) is 8.58. The number of carboxylic acids is 1. The zero-order valence-electron chi connectivity index (χ0n) is 14.8. The SMILES string of the molecule is CC1=C(C(=O)O)N2C(=O)[C@@H](NC(=O)[C@H](N)c3ccc(O)cc3)[C@H]2SC1.O.O.O. The molecule has 11 nitrogen and oxygen atoms in total. The minimum absolute atomic E-state index is 0. The summed E-state index contributed by atoms with van der Waals surface area (Å²) in [6, 6.07) is 4.09. The van der Waals surface area contributed by atoms with Crippen molar-refractivity contribution in [1.82, 2.24) is 10.2 Å². The number of rotatable bonds is 4. The summed E-state index contributed by atoms with van der Waals surface area (Å²) in [5.74, 6) is -1.61. The lowest BCUT2D eigenvalue weighted by atomic mass is 10.0. The molecule has 0 aromatic heterocycles. The number of phenols is 1. The second-order valence-corrected chi connectivity index (χ2v) is 7.00. The van der Waals surface area contributed by atoms with Gasteiger partial charge >= 0.3 is 5.97 Å². The van der Waals surface area contributed by atoms with Crippen LogP contribution in [0.2, 0.25) is 0 Å². The third-order valence-electron chi connectivity index (χ3n) is 4.19. The highest BCUT2D eigenvalue weighted by Crippen LogP contribution is 2.40. The number of phenolic OH excluding ortho intramolecular Hbond substituents is 1. The predicted molar refractivity (Wildman–Crippen MR) is 101 cm³/mol. The molecule has 1 saturated heterocycles. The van der Waals surface area contributed by atoms with Gasteiger partial charge in [0.2, 0.25) is 5.91 Å². The zero-order valence-corrected chi connectivity index (χ0v) is 15.6. The number of carbonyl (C=O) groups is 3. The van der Waals surface area contributed by atoms with E-state index in [-0.39, 0.29) is 27.9 Å². The molecule has 0 unspecified atom stereocenters. The Morgan fingerprint density at radius 1 is 1.25 bits per heavy atom. The molecule has 0 aliphatic carbocycles. The Bertz CT molecular complexity index is 783. The average Bonchev–Trinajstić information content (AvgIpc) is 2.58. The summed E-state index contributed by atoms with van der Waals surface area (Å²) < 4.78 is 0. The van der Waals surface area contributed by atoms with Crippen molar-refractivity contribution in [2.75, 3.05) is 5.75 Å². The van der Waals surface area contributed by atoms with Gasteiger partial charge < -0.3 is 37.7 Å². The lowest BCUT2D eigenvalue weighted by Crippen LogP contribution is -2.71. The minimum Gasteiger partial charge on any atom is -0.508 e. The van der Waals surface area contributed by atoms with E-state index in [1.807, 2.05) is 0 Å². The number of nitrogens with zero attached hydrogens (tertiary/aromatic N) is 1. The molecular formula is C16H23N3O8S. The molecule has 156 valence electrons. The Morgan fingerprint density at radius 2 is 1.82 bits per heavy atom. The van der Waals surface area contributed by atoms with Gasteiger partial charge in [-0.05, 0) is 30.2 Å². The van der Waals surface area contributed by atoms with Gasteiger partial charge in [-0.15, -0.1) is 11.8 Å². The van der Waals surface area contributed by atoms with Crippen LogP contribution in [0, 0.1) is 0 Å². The van der Waals surface area contributed by atoms with Crippen molar-refractivity contribution in [2.45, 2.75) is 24.4 Å². The average molecular weight is 417 g/mol. The normalized spacial score (nSPS) is 21.1. The summed E-state index contributed by atoms with van der Waals surface area (Å²) in [6.45, 7) is 1.67. The van der Waals surface area contributed by atoms with Crippen LogP contribution in [0.4, 0.5) is 0 Å². The topological polar surface area (TPSA) is 227 Å². The monoisotopic (exact) mass is 417 g/mol. The van der Waals surface area contributed by atoms with Gasteiger partial charge in [0.15, 0.2) is 0 Å². The Labute approximate surface area is 164 Å². The van der Waals surface area contributed by atoms with Gasteiger partial charge in [0.1, 0.15) is 28.9 Å². The minimum atomic E-state index is -1.15. The number of β-lactam (4-membered cyclic amide) rings is 1. The van der Waals surface area contributed by atoms with E-state index in [1.54, 1.807) is 6.92 Å². The van der Waals surface area contributed by atoms with Gasteiger partial charge in [-0.1, -0.05) is 12.1 Å². The maximum Gasteiger partial charge on any atom is 0.352 e. The molecule has 3 atom stereocenters. The molecular weight excluding hydrogens is 394 g/mol. The number of amides is 2. The molecule has 2 aliphatic heterocycles. The van der Waals surface area contributed by atoms with Crippen LogP contribution in [0.3, 0.4) is 0 Å². The van der Waals surface area contributed by atoms with Gasteiger partial charge in [0, 0.05) is 5.75 Å². The Morgan fingerprint density at radius 3 is 2.36 bits per heavy atom. The van der Waals surface area contributed by atoms with Crippen LogP contribution in [0.15, 0.2) is 35.5 Å². The van der Waals surface area contributed by atoms with Crippen molar-refractivity contribution < 1.29 is 41.0 Å². The van der Waals surface area contributed by atoms with Gasteiger partial charge in [0.25, 0.3) is 5.91 Å². The summed E-state index contributed by atoms with van der Waals surface area (Å²) in [5, 5.41) is 20.7. The molecule has 0 spiro atoms. The van der Waals surface area contributed by atoms with E-state index in [0.717, 1.165) is 0 Å². The number of carbonyl (C=O) groups excluding carboxylic acids is 2. The van der Waals surface area contributed by atoms with Gasteiger partial charge in [-0.3, -0.25) is 14.5 Å². The quantitative estimate of drug-likeness (QED) is 0.390. The summed E-state index contributed by atoms with van der Waals surface area (Å²) in [4.78, 5) is 37.2. The first kappa shape index (κ1) is 25.4. The molecule has 0 saturated carbocycles. The Balaban J connectivity index is 0.00000243. The van der Waals surface area contributed by atoms with E-state index in [9.17, 15) is 24.6 Å². The van der Waals surface area contributed by atoms with E-state index >= 15 is 0 Å². The van der Waals surface area contributed by atoms with Gasteiger partial charge in [-0.2, -0.15) is 0 Å². The lowest BCUT2D eigenvalue weighted by molar-refractivity contribution is -0.150. The second-order valence-electron chi connectivity index (χ2n) is 5.90. The summed E-state index contributed by atoms with van der Waals surface area (Å²) >= 11 is 1.40. The molecule has 11 N–H and O–H groups in total. The first-order chi connectivity index (χ1) is 11.8. The first-order valence-electron chi connectivity index (χ1n) is 7.54. The molecule has 0 bridgehead atoms. The van der Waals surface area contributed by atoms with Crippen LogP contribution in [0.5, 0.6) is 5.75 Å². The fraction of sp³-hybridized carbons (Fsp3) is 0.312. The van der Waals surface area contributed by atoms with E-state index in [4.69, 9.17) is 5.73 Å². The molecule has 1 aromatic rings. The molecule has 1 aromatic carbocycles. The predicted octanol–water partition coefficient (Wildman–Crippen LogP) is -2.32. The number of aliphatic carboxylic acids is 1. The van der Waals surface area contributed by atoms with Gasteiger partial charge in [0.05, 0.1) is 0 Å². The van der Waals surface area contributed by atoms with Crippen LogP contribution in [0.1, 0.15) is 18.5 Å². The number of nitrogens with two attached hydrogens (primary N) is 1. The molecule has 1 fully saturated rings. The van der Waals surface area contributed by atoms with E-state index in [2.05, 4.69) is 5.32 Å². The molecule has 2 aliphatic rings. The smallest absolute Gasteiger partial charge is 0.352 e. The third-order valence-corrected chi connectivity index (χ3v) is 5.62. The van der Waals surface area contributed by atoms with Gasteiger partial charge in [-0.25, -0.2) is 4.79 Å². The molecule has 28 heavy (non-hydrogen) atoms. The second kappa shape index (κ2) is 9.52. The number of hydrogen-bond donors (Lipinski definition) is 4. The van der Waals surface area contributed by atoms with E-state index in [1.165, 1.54) is 40.9 Å². The van der Waals surface area contributed by atoms with Crippen LogP contribution in [-0.4, -0.2) is 66.5 Å². The fourth-order valence-electron chi connectivity index (χ4n) is 2.85. The summed E-state index contributed by atoms with van der Waals surface area (Å²) in [7, 11) is 0. The third kappa shape index (κ3) is 4.26. The van der Waals surface area contributed by atoms with Crippen molar-refractivity contribution in [3.8, 4) is 5.75 Å². The maximum absolute atomic E-state index is 12.3. The van der Waals surface area contributed by atoms with Crippen molar-refractivity contribution in [1.29, 1.82) is 0 Å². The number of aromatic hydroxyl groups is 1. The maximum atomic E-state index is 12.3. The highest BCUT2D eigenvalue weighted by molar-refractivity contribution is 8.00. The van der Waals surface area contributed by atoms with Crippen LogP contribution < -0.4 is 11.1 Å². The van der Waals surface area contributed by atoms with Crippen molar-refractivity contribution >= 4 is 29.5 Å². The van der Waals surface area contributed by atoms with Crippen LogP contribution >= 0.6 is 11.8 Å². The largest absolute Gasteiger partial charge is 0.508 e. The lowest BCUT2D eigenvalue weighted by Gasteiger charge is -2.49. The van der Waals surface area contributed by atoms with E-state index in [0.29, 0.717) is 16.9 Å². The molecule has 12 heteroatoms. The highest BCUT2D eigenvalue weighted by Gasteiger charge is 2.53. The number of hydrogen-bond acceptors (Lipinski definition) is 6. The Hall–Kier alpha value is -2.64. The molecule has 0 radical (unpaired) electrons. The number of nitrogens with one attached hydrogen (secondary N) is 1. The fourth-order valence-corrected chi connectivity index (χ4v) is 4.14. The molecule has 2 amide bonds. The zero-order chi connectivity index (χ0) is 18.3. The molecule has 2 heterocycles. The van der Waals surface area contributed by atoms with Crippen molar-refractivity contribution in [3.05, 3.63) is 41.1 Å². The molecule has 3 rings (SSSR count). The van der Waals surface area contributed by atoms with Crippen molar-refractivity contribution in [2.24, 2.45) is 5.73 Å². The standard InChI is InChI=1S/C16H17N3O5S.3H2O/c1-7-6-25-15-11(14(22)19(15)12(7)16(23)24)18-13(21)10(17)8-2-4-9(20)5-3-8;;;/h2-5,10-11,15,20H,6,17H2,1H3,(H,18,21)(H,23,24);3*1H2/t10-,11-,15-;;;/m1.../s1.